The Balaban J connectivity index is 2.78. The third-order valence-corrected chi connectivity index (χ3v) is 4.01. The lowest BCUT2D eigenvalue weighted by molar-refractivity contribution is 0.614. The minimum absolute atomic E-state index is 0.559. The molecule has 0 aliphatic carbocycles. The van der Waals surface area contributed by atoms with Gasteiger partial charge in [0.2, 0.25) is 0 Å². The Morgan fingerprint density at radius 3 is 2.20 bits per heavy atom. The summed E-state index contributed by atoms with van der Waals surface area (Å²) in [5.41, 5.74) is 4.23. The molecule has 0 aromatic heterocycles. The van der Waals surface area contributed by atoms with Crippen LogP contribution in [0.4, 0.5) is 5.69 Å². The van der Waals surface area contributed by atoms with E-state index in [1.807, 2.05) is 0 Å². The average molecular weight is 275 g/mol. The highest BCUT2D eigenvalue weighted by atomic mass is 14.9. The summed E-state index contributed by atoms with van der Waals surface area (Å²) in [6.07, 6.45) is 5.23. The van der Waals surface area contributed by atoms with Crippen LogP contribution in [0, 0.1) is 0 Å². The zero-order chi connectivity index (χ0) is 15.1. The van der Waals surface area contributed by atoms with E-state index >= 15 is 0 Å². The van der Waals surface area contributed by atoms with Crippen LogP contribution >= 0.6 is 0 Å². The van der Waals surface area contributed by atoms with Gasteiger partial charge in [0, 0.05) is 11.7 Å². The van der Waals surface area contributed by atoms with Gasteiger partial charge in [0.05, 0.1) is 0 Å². The van der Waals surface area contributed by atoms with Crippen LogP contribution in [-0.4, -0.2) is 6.04 Å². The van der Waals surface area contributed by atoms with E-state index < -0.39 is 0 Å². The van der Waals surface area contributed by atoms with Crippen LogP contribution in [0.1, 0.15) is 90.2 Å². The van der Waals surface area contributed by atoms with Gasteiger partial charge < -0.3 is 5.32 Å². The Morgan fingerprint density at radius 1 is 0.950 bits per heavy atom. The second-order valence-electron chi connectivity index (χ2n) is 6.70. The highest BCUT2D eigenvalue weighted by Crippen LogP contribution is 2.29. The van der Waals surface area contributed by atoms with Crippen LogP contribution in [0.2, 0.25) is 0 Å². The summed E-state index contributed by atoms with van der Waals surface area (Å²) in [6, 6.07) is 7.50. The summed E-state index contributed by atoms with van der Waals surface area (Å²) in [6.45, 7) is 13.7. The van der Waals surface area contributed by atoms with Crippen molar-refractivity contribution in [3.05, 3.63) is 29.3 Å². The van der Waals surface area contributed by atoms with Crippen LogP contribution in [0.15, 0.2) is 18.2 Å². The Labute approximate surface area is 126 Å². The molecule has 0 heterocycles. The van der Waals surface area contributed by atoms with Gasteiger partial charge in [0.15, 0.2) is 0 Å². The van der Waals surface area contributed by atoms with Crippen LogP contribution in [-0.2, 0) is 0 Å². The molecule has 1 aromatic rings. The monoisotopic (exact) mass is 275 g/mol. The molecule has 1 nitrogen and oxygen atoms in total. The lowest BCUT2D eigenvalue weighted by Gasteiger charge is -2.21. The number of benzene rings is 1. The number of anilines is 1. The SMILES string of the molecule is CCCCCC(C)Nc1ccc(C(C)C)cc1C(C)C. The fourth-order valence-corrected chi connectivity index (χ4v) is 2.59. The molecule has 0 aliphatic heterocycles. The topological polar surface area (TPSA) is 12.0 Å². The number of unbranched alkanes of at least 4 members (excludes halogenated alkanes) is 2. The molecule has 0 bridgehead atoms. The molecule has 0 fully saturated rings. The van der Waals surface area contributed by atoms with Gasteiger partial charge in [-0.25, -0.2) is 0 Å². The molecule has 20 heavy (non-hydrogen) atoms. The molecule has 0 aliphatic rings. The fraction of sp³-hybridized carbons (Fsp3) is 0.684. The lowest BCUT2D eigenvalue weighted by atomic mass is 9.94. The Kier molecular flexibility index (Phi) is 7.12. The third-order valence-electron chi connectivity index (χ3n) is 4.01. The minimum atomic E-state index is 0.559. The second-order valence-corrected chi connectivity index (χ2v) is 6.70. The van der Waals surface area contributed by atoms with E-state index in [-0.39, 0.29) is 0 Å². The quantitative estimate of drug-likeness (QED) is 0.548. The van der Waals surface area contributed by atoms with Crippen molar-refractivity contribution in [3.63, 3.8) is 0 Å². The minimum Gasteiger partial charge on any atom is -0.382 e. The maximum atomic E-state index is 3.72. The first-order chi connectivity index (χ1) is 9.45. The standard InChI is InChI=1S/C19H33N/c1-7-8-9-10-16(6)20-19-12-11-17(14(2)3)13-18(19)15(4)5/h11-16,20H,7-10H2,1-6H3. The smallest absolute Gasteiger partial charge is 0.0377 e. The molecule has 0 saturated carbocycles. The van der Waals surface area contributed by atoms with Crippen molar-refractivity contribution in [3.8, 4) is 0 Å². The molecule has 0 amide bonds. The first-order valence-electron chi connectivity index (χ1n) is 8.36. The first kappa shape index (κ1) is 17.1. The van der Waals surface area contributed by atoms with Crippen LogP contribution < -0.4 is 5.32 Å². The Hall–Kier alpha value is -0.980. The van der Waals surface area contributed by atoms with Crippen molar-refractivity contribution in [2.75, 3.05) is 5.32 Å². The molecule has 1 unspecified atom stereocenters. The van der Waals surface area contributed by atoms with Gasteiger partial charge >= 0.3 is 0 Å². The molecule has 114 valence electrons. The molecule has 0 spiro atoms. The predicted molar refractivity (Wildman–Crippen MR) is 91.8 cm³/mol. The third kappa shape index (κ3) is 5.19. The van der Waals surface area contributed by atoms with Crippen molar-refractivity contribution in [2.24, 2.45) is 0 Å². The summed E-state index contributed by atoms with van der Waals surface area (Å²) in [4.78, 5) is 0. The second kappa shape index (κ2) is 8.34. The predicted octanol–water partition coefficient (Wildman–Crippen LogP) is 6.31. The average Bonchev–Trinajstić information content (AvgIpc) is 2.38. The summed E-state index contributed by atoms with van der Waals surface area (Å²) in [7, 11) is 0. The molecule has 0 saturated heterocycles. The number of hydrogen-bond acceptors (Lipinski definition) is 1. The van der Waals surface area contributed by atoms with Crippen molar-refractivity contribution in [1.29, 1.82) is 0 Å². The molecule has 1 rings (SSSR count). The van der Waals surface area contributed by atoms with Gasteiger partial charge in [0.25, 0.3) is 0 Å². The van der Waals surface area contributed by atoms with E-state index in [2.05, 4.69) is 65.1 Å². The Bertz CT molecular complexity index is 393. The Morgan fingerprint density at radius 2 is 1.65 bits per heavy atom. The van der Waals surface area contributed by atoms with Gasteiger partial charge in [-0.15, -0.1) is 0 Å². The number of rotatable bonds is 8. The first-order valence-corrected chi connectivity index (χ1v) is 8.36. The summed E-state index contributed by atoms with van der Waals surface area (Å²) >= 11 is 0. The van der Waals surface area contributed by atoms with Crippen LogP contribution in [0.3, 0.4) is 0 Å². The number of hydrogen-bond donors (Lipinski definition) is 1. The molecular weight excluding hydrogens is 242 g/mol. The summed E-state index contributed by atoms with van der Waals surface area (Å²) in [5, 5.41) is 3.72. The normalized spacial score (nSPS) is 13.0. The van der Waals surface area contributed by atoms with Crippen LogP contribution in [0.25, 0.3) is 0 Å². The van der Waals surface area contributed by atoms with E-state index in [0.717, 1.165) is 0 Å². The summed E-state index contributed by atoms with van der Waals surface area (Å²) < 4.78 is 0. The van der Waals surface area contributed by atoms with Crippen molar-refractivity contribution in [1.82, 2.24) is 0 Å². The molecule has 1 atom stereocenters. The van der Waals surface area contributed by atoms with E-state index in [1.54, 1.807) is 0 Å². The zero-order valence-electron chi connectivity index (χ0n) is 14.3. The molecule has 1 N–H and O–H groups in total. The molecule has 1 aromatic carbocycles. The molecular formula is C19H33N. The van der Waals surface area contributed by atoms with Crippen molar-refractivity contribution < 1.29 is 0 Å². The molecule has 1 heteroatoms. The van der Waals surface area contributed by atoms with E-state index in [0.29, 0.717) is 17.9 Å². The van der Waals surface area contributed by atoms with Crippen LogP contribution in [0.5, 0.6) is 0 Å². The lowest BCUT2D eigenvalue weighted by Crippen LogP contribution is -2.16. The van der Waals surface area contributed by atoms with E-state index in [1.165, 1.54) is 42.5 Å². The zero-order valence-corrected chi connectivity index (χ0v) is 14.3. The van der Waals surface area contributed by atoms with E-state index in [4.69, 9.17) is 0 Å². The van der Waals surface area contributed by atoms with Gasteiger partial charge in [-0.2, -0.15) is 0 Å². The fourth-order valence-electron chi connectivity index (χ4n) is 2.59. The van der Waals surface area contributed by atoms with Gasteiger partial charge in [-0.1, -0.05) is 66.0 Å². The van der Waals surface area contributed by atoms with Crippen molar-refractivity contribution >= 4 is 5.69 Å². The van der Waals surface area contributed by atoms with Gasteiger partial charge in [-0.05, 0) is 42.4 Å². The largest absolute Gasteiger partial charge is 0.382 e. The highest BCUT2D eigenvalue weighted by molar-refractivity contribution is 5.55. The maximum Gasteiger partial charge on any atom is 0.0377 e. The summed E-state index contributed by atoms with van der Waals surface area (Å²) in [5.74, 6) is 1.17. The highest BCUT2D eigenvalue weighted by Gasteiger charge is 2.11. The van der Waals surface area contributed by atoms with Crippen molar-refractivity contribution in [2.45, 2.75) is 85.1 Å². The molecule has 0 radical (unpaired) electrons. The van der Waals surface area contributed by atoms with Gasteiger partial charge in [0.1, 0.15) is 0 Å². The number of nitrogens with one attached hydrogen (secondary N) is 1. The maximum absolute atomic E-state index is 3.72. The van der Waals surface area contributed by atoms with Gasteiger partial charge in [-0.3, -0.25) is 0 Å². The van der Waals surface area contributed by atoms with E-state index in [9.17, 15) is 0 Å².